The van der Waals surface area contributed by atoms with Crippen molar-refractivity contribution in [2.24, 2.45) is 0 Å². The van der Waals surface area contributed by atoms with Crippen molar-refractivity contribution in [2.75, 3.05) is 7.11 Å². The molecule has 2 rings (SSSR count). The number of ether oxygens (including phenoxy) is 2. The number of carbonyl (C=O) groups is 1. The molecule has 0 bridgehead atoms. The number of carbonyl (C=O) groups excluding carboxylic acids is 1. The Bertz CT molecular complexity index is 676. The Hall–Kier alpha value is -1.93. The van der Waals surface area contributed by atoms with Gasteiger partial charge in [0.2, 0.25) is 0 Å². The highest BCUT2D eigenvalue weighted by molar-refractivity contribution is 7.09. The predicted octanol–water partition coefficient (Wildman–Crippen LogP) is 4.63. The van der Waals surface area contributed by atoms with Crippen LogP contribution in [0.2, 0.25) is 0 Å². The standard InChI is InChI=1S/C17H18F3NO3S/c1-3-7-13(14-21-10-11-25-14)24-15(22)16(23-2,17(18,19)20)12-8-5-4-6-9-12/h4-6,8-11,13H,3,7H2,1-2H3/t13-,16-/m1/s1. The molecular formula is C17H18F3NO3S. The summed E-state index contributed by atoms with van der Waals surface area (Å²) in [5.41, 5.74) is -3.51. The molecule has 0 fully saturated rings. The lowest BCUT2D eigenvalue weighted by atomic mass is 9.92. The van der Waals surface area contributed by atoms with E-state index in [1.165, 1.54) is 41.8 Å². The smallest absolute Gasteiger partial charge is 0.432 e. The molecule has 1 heterocycles. The Morgan fingerprint density at radius 3 is 2.44 bits per heavy atom. The number of esters is 1. The fourth-order valence-corrected chi connectivity index (χ4v) is 3.19. The van der Waals surface area contributed by atoms with Crippen LogP contribution in [0.5, 0.6) is 0 Å². The van der Waals surface area contributed by atoms with Gasteiger partial charge >= 0.3 is 12.1 Å². The van der Waals surface area contributed by atoms with Gasteiger partial charge in [0.25, 0.3) is 5.60 Å². The van der Waals surface area contributed by atoms with Crippen molar-refractivity contribution in [3.63, 3.8) is 0 Å². The van der Waals surface area contributed by atoms with Crippen LogP contribution in [0.3, 0.4) is 0 Å². The molecule has 0 aliphatic heterocycles. The zero-order valence-electron chi connectivity index (χ0n) is 13.7. The summed E-state index contributed by atoms with van der Waals surface area (Å²) in [6.45, 7) is 1.85. The van der Waals surface area contributed by atoms with Crippen molar-refractivity contribution in [1.29, 1.82) is 0 Å². The number of alkyl halides is 3. The molecule has 2 atom stereocenters. The second-order valence-corrected chi connectivity index (χ2v) is 6.23. The SMILES string of the molecule is CCC[C@@H](OC(=O)[C@](OC)(c1ccccc1)C(F)(F)F)c1nccs1. The first-order valence-corrected chi connectivity index (χ1v) is 8.52. The molecule has 0 aliphatic carbocycles. The van der Waals surface area contributed by atoms with Gasteiger partial charge in [0, 0.05) is 24.3 Å². The third kappa shape index (κ3) is 3.85. The van der Waals surface area contributed by atoms with Crippen LogP contribution in [-0.4, -0.2) is 24.2 Å². The van der Waals surface area contributed by atoms with Crippen LogP contribution in [0.15, 0.2) is 41.9 Å². The molecule has 0 amide bonds. The van der Waals surface area contributed by atoms with Crippen molar-refractivity contribution in [1.82, 2.24) is 4.98 Å². The number of benzene rings is 1. The number of nitrogens with zero attached hydrogens (tertiary/aromatic N) is 1. The van der Waals surface area contributed by atoms with Crippen molar-refractivity contribution >= 4 is 17.3 Å². The molecule has 0 N–H and O–H groups in total. The van der Waals surface area contributed by atoms with E-state index >= 15 is 0 Å². The Morgan fingerprint density at radius 2 is 1.96 bits per heavy atom. The van der Waals surface area contributed by atoms with Crippen LogP contribution in [0, 0.1) is 0 Å². The molecule has 8 heteroatoms. The van der Waals surface area contributed by atoms with E-state index in [-0.39, 0.29) is 5.56 Å². The van der Waals surface area contributed by atoms with E-state index in [4.69, 9.17) is 9.47 Å². The zero-order valence-corrected chi connectivity index (χ0v) is 14.6. The van der Waals surface area contributed by atoms with E-state index in [1.807, 2.05) is 6.92 Å². The van der Waals surface area contributed by atoms with Crippen LogP contribution in [0.1, 0.15) is 36.4 Å². The fourth-order valence-electron chi connectivity index (χ4n) is 2.49. The maximum Gasteiger partial charge on any atom is 0.432 e. The summed E-state index contributed by atoms with van der Waals surface area (Å²) in [6.07, 6.45) is -3.33. The van der Waals surface area contributed by atoms with E-state index in [0.29, 0.717) is 17.8 Å². The number of thiazole rings is 1. The summed E-state index contributed by atoms with van der Waals surface area (Å²) in [5.74, 6) is -1.50. The molecule has 25 heavy (non-hydrogen) atoms. The van der Waals surface area contributed by atoms with Crippen molar-refractivity contribution in [3.05, 3.63) is 52.5 Å². The van der Waals surface area contributed by atoms with E-state index in [2.05, 4.69) is 4.98 Å². The van der Waals surface area contributed by atoms with E-state index < -0.39 is 23.9 Å². The van der Waals surface area contributed by atoms with Crippen LogP contribution in [-0.2, 0) is 19.9 Å². The Balaban J connectivity index is 2.42. The monoisotopic (exact) mass is 373 g/mol. The largest absolute Gasteiger partial charge is 0.452 e. The van der Waals surface area contributed by atoms with Crippen molar-refractivity contribution in [3.8, 4) is 0 Å². The van der Waals surface area contributed by atoms with Gasteiger partial charge in [0.05, 0.1) is 0 Å². The van der Waals surface area contributed by atoms with Gasteiger partial charge in [-0.3, -0.25) is 0 Å². The van der Waals surface area contributed by atoms with Crippen LogP contribution >= 0.6 is 11.3 Å². The molecule has 1 aromatic carbocycles. The summed E-state index contributed by atoms with van der Waals surface area (Å²) in [5, 5.41) is 2.13. The number of halogens is 3. The summed E-state index contributed by atoms with van der Waals surface area (Å²) < 4.78 is 51.5. The summed E-state index contributed by atoms with van der Waals surface area (Å²) in [7, 11) is 0.847. The molecule has 2 aromatic rings. The average molecular weight is 373 g/mol. The maximum absolute atomic E-state index is 13.9. The van der Waals surface area contributed by atoms with E-state index in [1.54, 1.807) is 11.4 Å². The second-order valence-electron chi connectivity index (χ2n) is 5.30. The number of aromatic nitrogens is 1. The van der Waals surface area contributed by atoms with Gasteiger partial charge in [-0.25, -0.2) is 9.78 Å². The quantitative estimate of drug-likeness (QED) is 0.664. The van der Waals surface area contributed by atoms with Crippen LogP contribution in [0.25, 0.3) is 0 Å². The molecule has 1 aromatic heterocycles. The second kappa shape index (κ2) is 7.97. The Morgan fingerprint density at radius 1 is 1.28 bits per heavy atom. The lowest BCUT2D eigenvalue weighted by Crippen LogP contribution is -2.52. The fraction of sp³-hybridized carbons (Fsp3) is 0.412. The lowest BCUT2D eigenvalue weighted by molar-refractivity contribution is -0.278. The molecule has 0 saturated carbocycles. The highest BCUT2D eigenvalue weighted by atomic mass is 32.1. The summed E-state index contributed by atoms with van der Waals surface area (Å²) >= 11 is 1.22. The third-order valence-electron chi connectivity index (χ3n) is 3.70. The molecule has 0 saturated heterocycles. The molecule has 0 radical (unpaired) electrons. The number of rotatable bonds is 7. The minimum absolute atomic E-state index is 0.329. The number of methoxy groups -OCH3 is 1. The maximum atomic E-state index is 13.9. The highest BCUT2D eigenvalue weighted by Crippen LogP contribution is 2.44. The summed E-state index contributed by atoms with van der Waals surface area (Å²) in [4.78, 5) is 16.7. The first-order valence-electron chi connectivity index (χ1n) is 7.64. The molecule has 4 nitrogen and oxygen atoms in total. The molecule has 136 valence electrons. The molecule has 0 aliphatic rings. The Kier molecular flexibility index (Phi) is 6.18. The van der Waals surface area contributed by atoms with Crippen LogP contribution < -0.4 is 0 Å². The minimum Gasteiger partial charge on any atom is -0.452 e. The predicted molar refractivity (Wildman–Crippen MR) is 87.0 cm³/mol. The number of hydrogen-bond donors (Lipinski definition) is 0. The number of hydrogen-bond acceptors (Lipinski definition) is 5. The third-order valence-corrected chi connectivity index (χ3v) is 4.57. The van der Waals surface area contributed by atoms with Gasteiger partial charge in [0.1, 0.15) is 5.01 Å². The van der Waals surface area contributed by atoms with Crippen LogP contribution in [0.4, 0.5) is 13.2 Å². The van der Waals surface area contributed by atoms with Gasteiger partial charge in [-0.1, -0.05) is 43.7 Å². The topological polar surface area (TPSA) is 48.4 Å². The Labute approximate surface area is 147 Å². The summed E-state index contributed by atoms with van der Waals surface area (Å²) in [6, 6.07) is 6.76. The first-order chi connectivity index (χ1) is 11.9. The van der Waals surface area contributed by atoms with Crippen molar-refractivity contribution < 1.29 is 27.4 Å². The van der Waals surface area contributed by atoms with Crippen molar-refractivity contribution in [2.45, 2.75) is 37.6 Å². The lowest BCUT2D eigenvalue weighted by Gasteiger charge is -2.33. The molecular weight excluding hydrogens is 355 g/mol. The van der Waals surface area contributed by atoms with Gasteiger partial charge in [-0.15, -0.1) is 11.3 Å². The first kappa shape index (κ1) is 19.4. The van der Waals surface area contributed by atoms with Gasteiger partial charge in [0.15, 0.2) is 6.10 Å². The highest BCUT2D eigenvalue weighted by Gasteiger charge is 2.64. The minimum atomic E-state index is -4.99. The van der Waals surface area contributed by atoms with E-state index in [0.717, 1.165) is 7.11 Å². The molecule has 0 unspecified atom stereocenters. The van der Waals surface area contributed by atoms with Gasteiger partial charge in [-0.05, 0) is 6.42 Å². The van der Waals surface area contributed by atoms with E-state index in [9.17, 15) is 18.0 Å². The normalized spacial score (nSPS) is 15.4. The van der Waals surface area contributed by atoms with Gasteiger partial charge in [-0.2, -0.15) is 13.2 Å². The van der Waals surface area contributed by atoms with Gasteiger partial charge < -0.3 is 9.47 Å². The molecule has 0 spiro atoms. The average Bonchev–Trinajstić information content (AvgIpc) is 3.09. The zero-order chi connectivity index (χ0) is 18.5.